The van der Waals surface area contributed by atoms with Crippen LogP contribution in [0.2, 0.25) is 0 Å². The number of pyridine rings is 1. The zero-order chi connectivity index (χ0) is 22.2. The first kappa shape index (κ1) is 19.8. The van der Waals surface area contributed by atoms with Gasteiger partial charge < -0.3 is 14.3 Å². The Bertz CT molecular complexity index is 1470. The van der Waals surface area contributed by atoms with Crippen LogP contribution in [0.3, 0.4) is 0 Å². The maximum Gasteiger partial charge on any atom is 0.336 e. The predicted molar refractivity (Wildman–Crippen MR) is 124 cm³/mol. The second-order valence-corrected chi connectivity index (χ2v) is 7.77. The number of nitrogens with zero attached hydrogens (tertiary/aromatic N) is 1. The topological polar surface area (TPSA) is 72.6 Å². The number of aryl methyl sites for hydroxylation is 2. The smallest absolute Gasteiger partial charge is 0.336 e. The van der Waals surface area contributed by atoms with Crippen LogP contribution in [-0.4, -0.2) is 16.1 Å². The molecule has 0 unspecified atom stereocenters. The molecule has 0 atom stereocenters. The minimum Gasteiger partial charge on any atom is -0.488 e. The SMILES string of the molecule is Cc1oc2ccccc2c1-c1cc(C(=O)O)c2c(OCc3ccccc3)ccc(C)c2n1. The van der Waals surface area contributed by atoms with E-state index in [0.29, 0.717) is 34.7 Å². The molecule has 0 saturated carbocycles. The molecule has 0 radical (unpaired) electrons. The van der Waals surface area contributed by atoms with Crippen molar-refractivity contribution < 1.29 is 19.1 Å². The van der Waals surface area contributed by atoms with E-state index >= 15 is 0 Å². The number of furan rings is 1. The number of fused-ring (bicyclic) bond motifs is 2. The fourth-order valence-corrected chi connectivity index (χ4v) is 4.08. The van der Waals surface area contributed by atoms with E-state index < -0.39 is 5.97 Å². The molecule has 158 valence electrons. The van der Waals surface area contributed by atoms with Crippen LogP contribution in [0.15, 0.2) is 77.2 Å². The van der Waals surface area contributed by atoms with E-state index in [1.807, 2.05) is 80.6 Å². The van der Waals surface area contributed by atoms with E-state index in [1.165, 1.54) is 0 Å². The lowest BCUT2D eigenvalue weighted by atomic mass is 9.99. The Balaban J connectivity index is 1.71. The number of carboxylic acids is 1. The van der Waals surface area contributed by atoms with Gasteiger partial charge in [0.05, 0.1) is 22.2 Å². The standard InChI is InChI=1S/C27H21NO4/c1-16-12-13-23(31-15-18-8-4-3-5-9-18)25-20(27(29)30)14-21(28-26(16)25)24-17(2)32-22-11-7-6-10-19(22)24/h3-14H,15H2,1-2H3,(H,29,30). The fraction of sp³-hybridized carbons (Fsp3) is 0.111. The molecular weight excluding hydrogens is 402 g/mol. The highest BCUT2D eigenvalue weighted by atomic mass is 16.5. The van der Waals surface area contributed by atoms with Crippen molar-refractivity contribution in [3.8, 4) is 17.0 Å². The van der Waals surface area contributed by atoms with Crippen LogP contribution in [0.5, 0.6) is 5.75 Å². The molecule has 5 nitrogen and oxygen atoms in total. The van der Waals surface area contributed by atoms with Crippen LogP contribution in [0.25, 0.3) is 33.1 Å². The first-order valence-electron chi connectivity index (χ1n) is 10.4. The zero-order valence-electron chi connectivity index (χ0n) is 17.8. The van der Waals surface area contributed by atoms with Gasteiger partial charge in [0.15, 0.2) is 0 Å². The first-order valence-corrected chi connectivity index (χ1v) is 10.4. The fourth-order valence-electron chi connectivity index (χ4n) is 4.08. The Labute approximate surface area is 184 Å². The molecule has 5 heteroatoms. The van der Waals surface area contributed by atoms with Crippen LogP contribution in [0, 0.1) is 13.8 Å². The number of ether oxygens (including phenoxy) is 1. The summed E-state index contributed by atoms with van der Waals surface area (Å²) >= 11 is 0. The molecule has 1 N–H and O–H groups in total. The second-order valence-electron chi connectivity index (χ2n) is 7.77. The molecular formula is C27H21NO4. The lowest BCUT2D eigenvalue weighted by Crippen LogP contribution is -2.04. The van der Waals surface area contributed by atoms with E-state index in [2.05, 4.69) is 0 Å². The summed E-state index contributed by atoms with van der Waals surface area (Å²) in [5.74, 6) is 0.169. The first-order chi connectivity index (χ1) is 15.5. The summed E-state index contributed by atoms with van der Waals surface area (Å²) in [6.07, 6.45) is 0. The van der Waals surface area contributed by atoms with Gasteiger partial charge in [-0.15, -0.1) is 0 Å². The van der Waals surface area contributed by atoms with Gasteiger partial charge in [-0.1, -0.05) is 54.6 Å². The van der Waals surface area contributed by atoms with E-state index in [9.17, 15) is 9.90 Å². The molecule has 32 heavy (non-hydrogen) atoms. The third kappa shape index (κ3) is 3.38. The zero-order valence-corrected chi connectivity index (χ0v) is 17.8. The third-order valence-electron chi connectivity index (χ3n) is 5.62. The Morgan fingerprint density at radius 2 is 1.75 bits per heavy atom. The van der Waals surface area contributed by atoms with Crippen LogP contribution in [-0.2, 0) is 6.61 Å². The molecule has 0 amide bonds. The third-order valence-corrected chi connectivity index (χ3v) is 5.62. The van der Waals surface area contributed by atoms with E-state index in [-0.39, 0.29) is 5.56 Å². The monoisotopic (exact) mass is 423 g/mol. The van der Waals surface area contributed by atoms with Crippen molar-refractivity contribution in [3.05, 3.63) is 95.2 Å². The average Bonchev–Trinajstić information content (AvgIpc) is 3.14. The van der Waals surface area contributed by atoms with E-state index in [0.717, 1.165) is 27.7 Å². The number of benzene rings is 3. The molecule has 0 aliphatic carbocycles. The van der Waals surface area contributed by atoms with Crippen molar-refractivity contribution in [2.24, 2.45) is 0 Å². The lowest BCUT2D eigenvalue weighted by Gasteiger charge is -2.14. The number of carboxylic acid groups (broad SMARTS) is 1. The van der Waals surface area contributed by atoms with Gasteiger partial charge in [0, 0.05) is 10.9 Å². The molecule has 2 heterocycles. The number of hydrogen-bond acceptors (Lipinski definition) is 4. The Morgan fingerprint density at radius 1 is 1.00 bits per heavy atom. The number of aromatic carboxylic acids is 1. The van der Waals surface area contributed by atoms with E-state index in [1.54, 1.807) is 6.07 Å². The molecule has 2 aromatic heterocycles. The van der Waals surface area contributed by atoms with Gasteiger partial charge >= 0.3 is 5.97 Å². The number of hydrogen-bond donors (Lipinski definition) is 1. The molecule has 0 saturated heterocycles. The van der Waals surface area contributed by atoms with Gasteiger partial charge in [0.25, 0.3) is 0 Å². The molecule has 0 bridgehead atoms. The maximum atomic E-state index is 12.3. The van der Waals surface area contributed by atoms with Gasteiger partial charge in [-0.2, -0.15) is 0 Å². The minimum atomic E-state index is -1.03. The molecule has 0 fully saturated rings. The van der Waals surface area contributed by atoms with Crippen LogP contribution in [0.1, 0.15) is 27.2 Å². The van der Waals surface area contributed by atoms with Crippen molar-refractivity contribution in [1.82, 2.24) is 4.98 Å². The Hall–Kier alpha value is -4.12. The molecule has 0 aliphatic rings. The highest BCUT2D eigenvalue weighted by molar-refractivity contribution is 6.08. The van der Waals surface area contributed by atoms with Crippen molar-refractivity contribution in [2.75, 3.05) is 0 Å². The summed E-state index contributed by atoms with van der Waals surface area (Å²) in [5, 5.41) is 11.5. The van der Waals surface area contributed by atoms with Gasteiger partial charge in [0.1, 0.15) is 23.7 Å². The summed E-state index contributed by atoms with van der Waals surface area (Å²) in [7, 11) is 0. The maximum absolute atomic E-state index is 12.3. The summed E-state index contributed by atoms with van der Waals surface area (Å²) in [5.41, 5.74) is 4.76. The Kier molecular flexibility index (Phi) is 4.86. The van der Waals surface area contributed by atoms with Crippen LogP contribution < -0.4 is 4.74 Å². The molecule has 3 aromatic carbocycles. The quantitative estimate of drug-likeness (QED) is 0.347. The molecule has 0 spiro atoms. The van der Waals surface area contributed by atoms with Gasteiger partial charge in [-0.25, -0.2) is 9.78 Å². The second kappa shape index (κ2) is 7.85. The van der Waals surface area contributed by atoms with Crippen molar-refractivity contribution >= 4 is 27.8 Å². The van der Waals surface area contributed by atoms with Gasteiger partial charge in [-0.3, -0.25) is 0 Å². The van der Waals surface area contributed by atoms with Gasteiger partial charge in [0.2, 0.25) is 0 Å². The van der Waals surface area contributed by atoms with E-state index in [4.69, 9.17) is 14.1 Å². The average molecular weight is 423 g/mol. The lowest BCUT2D eigenvalue weighted by molar-refractivity contribution is 0.0698. The summed E-state index contributed by atoms with van der Waals surface area (Å²) in [4.78, 5) is 17.2. The summed E-state index contributed by atoms with van der Waals surface area (Å²) < 4.78 is 11.9. The summed E-state index contributed by atoms with van der Waals surface area (Å²) in [6.45, 7) is 4.13. The van der Waals surface area contributed by atoms with Crippen LogP contribution in [0.4, 0.5) is 0 Å². The van der Waals surface area contributed by atoms with Crippen molar-refractivity contribution in [3.63, 3.8) is 0 Å². The molecule has 5 aromatic rings. The largest absolute Gasteiger partial charge is 0.488 e. The summed E-state index contributed by atoms with van der Waals surface area (Å²) in [6, 6.07) is 22.8. The molecule has 5 rings (SSSR count). The molecule has 0 aliphatic heterocycles. The minimum absolute atomic E-state index is 0.154. The highest BCUT2D eigenvalue weighted by Crippen LogP contribution is 2.38. The van der Waals surface area contributed by atoms with Crippen molar-refractivity contribution in [2.45, 2.75) is 20.5 Å². The Morgan fingerprint density at radius 3 is 2.53 bits per heavy atom. The van der Waals surface area contributed by atoms with Crippen molar-refractivity contribution in [1.29, 1.82) is 0 Å². The number of para-hydroxylation sites is 1. The van der Waals surface area contributed by atoms with Crippen LogP contribution >= 0.6 is 0 Å². The predicted octanol–water partition coefficient (Wildman–Crippen LogP) is 6.54. The number of aromatic nitrogens is 1. The van der Waals surface area contributed by atoms with Gasteiger partial charge in [-0.05, 0) is 43.2 Å². The number of rotatable bonds is 5. The number of carbonyl (C=O) groups is 1. The normalized spacial score (nSPS) is 11.2. The highest BCUT2D eigenvalue weighted by Gasteiger charge is 2.21.